The van der Waals surface area contributed by atoms with Crippen molar-refractivity contribution in [3.63, 3.8) is 0 Å². The van der Waals surface area contributed by atoms with Crippen molar-refractivity contribution in [1.29, 1.82) is 0 Å². The maximum Gasteiger partial charge on any atom is 0.330 e. The van der Waals surface area contributed by atoms with E-state index in [0.29, 0.717) is 0 Å². The van der Waals surface area contributed by atoms with Crippen molar-refractivity contribution in [2.75, 3.05) is 0 Å². The van der Waals surface area contributed by atoms with E-state index in [4.69, 9.17) is 4.74 Å². The lowest BCUT2D eigenvalue weighted by Crippen LogP contribution is -2.16. The molecule has 0 aromatic rings. The molecule has 0 aliphatic heterocycles. The van der Waals surface area contributed by atoms with E-state index in [9.17, 15) is 4.79 Å². The molecule has 0 aromatic carbocycles. The van der Waals surface area contributed by atoms with Crippen LogP contribution in [-0.2, 0) is 9.53 Å². The summed E-state index contributed by atoms with van der Waals surface area (Å²) < 4.78 is 5.34. The number of rotatable bonds is 13. The molecule has 0 amide bonds. The minimum Gasteiger partial charge on any atom is -0.459 e. The summed E-state index contributed by atoms with van der Waals surface area (Å²) in [6, 6.07) is 0. The van der Waals surface area contributed by atoms with Gasteiger partial charge in [-0.25, -0.2) is 4.79 Å². The van der Waals surface area contributed by atoms with Crippen LogP contribution in [-0.4, -0.2) is 12.1 Å². The summed E-state index contributed by atoms with van der Waals surface area (Å²) in [6.07, 6.45) is 14.9. The predicted molar refractivity (Wildman–Crippen MR) is 82.2 cm³/mol. The SMILES string of the molecule is C=CC(=O)OC(CCC)CCCCCCCCCC. The van der Waals surface area contributed by atoms with Crippen LogP contribution in [0.2, 0.25) is 0 Å². The maximum atomic E-state index is 11.2. The topological polar surface area (TPSA) is 26.3 Å². The third-order valence-electron chi connectivity index (χ3n) is 3.44. The van der Waals surface area contributed by atoms with Crippen molar-refractivity contribution in [1.82, 2.24) is 0 Å². The number of carbonyl (C=O) groups is 1. The minimum absolute atomic E-state index is 0.0931. The molecule has 0 rings (SSSR count). The van der Waals surface area contributed by atoms with Crippen LogP contribution >= 0.6 is 0 Å². The zero-order valence-corrected chi connectivity index (χ0v) is 13.0. The Kier molecular flexibility index (Phi) is 13.1. The molecule has 0 aliphatic rings. The first-order valence-corrected chi connectivity index (χ1v) is 8.07. The smallest absolute Gasteiger partial charge is 0.330 e. The average Bonchev–Trinajstić information content (AvgIpc) is 2.41. The highest BCUT2D eigenvalue weighted by Gasteiger charge is 2.10. The molecule has 0 N–H and O–H groups in total. The van der Waals surface area contributed by atoms with E-state index < -0.39 is 0 Å². The van der Waals surface area contributed by atoms with Gasteiger partial charge in [0.25, 0.3) is 0 Å². The van der Waals surface area contributed by atoms with Gasteiger partial charge >= 0.3 is 5.97 Å². The van der Waals surface area contributed by atoms with Crippen LogP contribution in [0.25, 0.3) is 0 Å². The second kappa shape index (κ2) is 13.6. The second-order valence-electron chi connectivity index (χ2n) is 5.32. The summed E-state index contributed by atoms with van der Waals surface area (Å²) in [7, 11) is 0. The van der Waals surface area contributed by atoms with Gasteiger partial charge in [-0.1, -0.05) is 71.8 Å². The molecule has 2 heteroatoms. The second-order valence-corrected chi connectivity index (χ2v) is 5.32. The third-order valence-corrected chi connectivity index (χ3v) is 3.44. The molecule has 0 heterocycles. The van der Waals surface area contributed by atoms with Gasteiger partial charge in [0.2, 0.25) is 0 Å². The number of carbonyl (C=O) groups excluding carboxylic acids is 1. The van der Waals surface area contributed by atoms with Gasteiger partial charge < -0.3 is 4.74 Å². The van der Waals surface area contributed by atoms with Crippen molar-refractivity contribution >= 4 is 5.97 Å². The fourth-order valence-corrected chi connectivity index (χ4v) is 2.30. The van der Waals surface area contributed by atoms with Gasteiger partial charge in [0.05, 0.1) is 0 Å². The Bertz CT molecular complexity index is 223. The Morgan fingerprint density at radius 1 is 0.947 bits per heavy atom. The largest absolute Gasteiger partial charge is 0.459 e. The molecular weight excluding hydrogens is 236 g/mol. The van der Waals surface area contributed by atoms with Gasteiger partial charge in [-0.3, -0.25) is 0 Å². The molecule has 1 atom stereocenters. The molecule has 0 bridgehead atoms. The molecule has 0 fully saturated rings. The molecule has 0 aliphatic carbocycles. The first-order valence-electron chi connectivity index (χ1n) is 8.07. The maximum absolute atomic E-state index is 11.2. The third kappa shape index (κ3) is 12.0. The van der Waals surface area contributed by atoms with E-state index in [2.05, 4.69) is 20.4 Å². The highest BCUT2D eigenvalue weighted by Crippen LogP contribution is 2.14. The Morgan fingerprint density at radius 2 is 1.53 bits per heavy atom. The molecule has 19 heavy (non-hydrogen) atoms. The van der Waals surface area contributed by atoms with Crippen LogP contribution in [0.5, 0.6) is 0 Å². The summed E-state index contributed by atoms with van der Waals surface area (Å²) in [5.41, 5.74) is 0. The van der Waals surface area contributed by atoms with Crippen LogP contribution in [0.1, 0.15) is 84.5 Å². The number of hydrogen-bond donors (Lipinski definition) is 0. The highest BCUT2D eigenvalue weighted by molar-refractivity contribution is 5.81. The number of hydrogen-bond acceptors (Lipinski definition) is 2. The van der Waals surface area contributed by atoms with Crippen LogP contribution in [0.4, 0.5) is 0 Å². The van der Waals surface area contributed by atoms with Crippen molar-refractivity contribution < 1.29 is 9.53 Å². The zero-order valence-electron chi connectivity index (χ0n) is 13.0. The van der Waals surface area contributed by atoms with E-state index >= 15 is 0 Å². The highest BCUT2D eigenvalue weighted by atomic mass is 16.5. The lowest BCUT2D eigenvalue weighted by molar-refractivity contribution is -0.143. The van der Waals surface area contributed by atoms with E-state index in [1.165, 1.54) is 57.4 Å². The van der Waals surface area contributed by atoms with Crippen molar-refractivity contribution in [2.45, 2.75) is 90.6 Å². The van der Waals surface area contributed by atoms with Gasteiger partial charge in [0.1, 0.15) is 6.10 Å². The fraction of sp³-hybridized carbons (Fsp3) is 0.824. The van der Waals surface area contributed by atoms with Crippen molar-refractivity contribution in [3.05, 3.63) is 12.7 Å². The fourth-order valence-electron chi connectivity index (χ4n) is 2.30. The normalized spacial score (nSPS) is 12.1. The summed E-state index contributed by atoms with van der Waals surface area (Å²) in [5, 5.41) is 0. The van der Waals surface area contributed by atoms with Gasteiger partial charge in [-0.05, 0) is 19.3 Å². The van der Waals surface area contributed by atoms with Crippen LogP contribution in [0.15, 0.2) is 12.7 Å². The van der Waals surface area contributed by atoms with Gasteiger partial charge in [-0.2, -0.15) is 0 Å². The summed E-state index contributed by atoms with van der Waals surface area (Å²) >= 11 is 0. The van der Waals surface area contributed by atoms with Crippen LogP contribution in [0, 0.1) is 0 Å². The van der Waals surface area contributed by atoms with Gasteiger partial charge in [-0.15, -0.1) is 0 Å². The quantitative estimate of drug-likeness (QED) is 0.253. The van der Waals surface area contributed by atoms with Gasteiger partial charge in [0, 0.05) is 6.08 Å². The Hall–Kier alpha value is -0.790. The Labute approximate surface area is 119 Å². The summed E-state index contributed by atoms with van der Waals surface area (Å²) in [5.74, 6) is -0.280. The number of ether oxygens (including phenoxy) is 1. The van der Waals surface area contributed by atoms with Gasteiger partial charge in [0.15, 0.2) is 0 Å². The lowest BCUT2D eigenvalue weighted by atomic mass is 10.0. The van der Waals surface area contributed by atoms with Crippen molar-refractivity contribution in [3.8, 4) is 0 Å². The number of unbranched alkanes of at least 4 members (excludes halogenated alkanes) is 7. The molecule has 0 saturated heterocycles. The summed E-state index contributed by atoms with van der Waals surface area (Å²) in [4.78, 5) is 11.2. The minimum atomic E-state index is -0.280. The molecule has 0 radical (unpaired) electrons. The monoisotopic (exact) mass is 268 g/mol. The molecule has 1 unspecified atom stereocenters. The molecule has 0 spiro atoms. The Balaban J connectivity index is 3.52. The Morgan fingerprint density at radius 3 is 2.05 bits per heavy atom. The van der Waals surface area contributed by atoms with E-state index in [0.717, 1.165) is 19.3 Å². The lowest BCUT2D eigenvalue weighted by Gasteiger charge is -2.16. The first kappa shape index (κ1) is 18.2. The molecule has 2 nitrogen and oxygen atoms in total. The van der Waals surface area contributed by atoms with E-state index in [1.807, 2.05) is 0 Å². The standard InChI is InChI=1S/C17H32O2/c1-4-7-8-9-10-11-12-13-15-16(14-5-2)19-17(18)6-3/h6,16H,3-5,7-15H2,1-2H3. The van der Waals surface area contributed by atoms with Crippen LogP contribution < -0.4 is 0 Å². The molecule has 0 saturated carbocycles. The summed E-state index contributed by atoms with van der Waals surface area (Å²) in [6.45, 7) is 7.82. The zero-order chi connectivity index (χ0) is 14.3. The molecular formula is C17H32O2. The van der Waals surface area contributed by atoms with E-state index in [-0.39, 0.29) is 12.1 Å². The first-order chi connectivity index (χ1) is 9.24. The molecule has 0 aromatic heterocycles. The molecule has 112 valence electrons. The van der Waals surface area contributed by atoms with E-state index in [1.54, 1.807) is 0 Å². The number of esters is 1. The predicted octanol–water partition coefficient (Wildman–Crippen LogP) is 5.42. The average molecular weight is 268 g/mol. The van der Waals surface area contributed by atoms with Crippen molar-refractivity contribution in [2.24, 2.45) is 0 Å². The van der Waals surface area contributed by atoms with Crippen LogP contribution in [0.3, 0.4) is 0 Å².